The molecule has 1 N–H and O–H groups in total. The smallest absolute Gasteiger partial charge is 0.158 e. The highest BCUT2D eigenvalue weighted by atomic mass is 32.2. The van der Waals surface area contributed by atoms with Crippen LogP contribution < -0.4 is 0 Å². The Hall–Kier alpha value is -0.460. The first kappa shape index (κ1) is 12.0. The number of hydrogen-bond donors (Lipinski definition) is 1. The van der Waals surface area contributed by atoms with Crippen LogP contribution in [0.3, 0.4) is 0 Å². The SMILES string of the molecule is Cc1sc(CCO)nc1C1CCCS1(=O)=O. The Bertz CT molecular complexity index is 478. The second-order valence-corrected chi connectivity index (χ2v) is 7.61. The van der Waals surface area contributed by atoms with E-state index >= 15 is 0 Å². The first-order chi connectivity index (χ1) is 7.54. The molecule has 0 aliphatic carbocycles. The summed E-state index contributed by atoms with van der Waals surface area (Å²) in [5.41, 5.74) is 0.714. The highest BCUT2D eigenvalue weighted by Crippen LogP contribution is 2.37. The minimum Gasteiger partial charge on any atom is -0.396 e. The number of rotatable bonds is 3. The third-order valence-corrected chi connectivity index (χ3v) is 6.07. The van der Waals surface area contributed by atoms with E-state index in [1.807, 2.05) is 6.92 Å². The van der Waals surface area contributed by atoms with Gasteiger partial charge in [-0.25, -0.2) is 13.4 Å². The Morgan fingerprint density at radius 1 is 1.56 bits per heavy atom. The number of aliphatic hydroxyl groups excluding tert-OH is 1. The van der Waals surface area contributed by atoms with Gasteiger partial charge < -0.3 is 5.11 Å². The van der Waals surface area contributed by atoms with Crippen LogP contribution in [-0.4, -0.2) is 30.9 Å². The highest BCUT2D eigenvalue weighted by molar-refractivity contribution is 7.91. The number of aromatic nitrogens is 1. The molecule has 6 heteroatoms. The third kappa shape index (κ3) is 2.14. The normalized spacial score (nSPS) is 23.8. The van der Waals surface area contributed by atoms with Crippen LogP contribution in [0.4, 0.5) is 0 Å². The van der Waals surface area contributed by atoms with Gasteiger partial charge in [-0.2, -0.15) is 0 Å². The molecule has 0 bridgehead atoms. The zero-order chi connectivity index (χ0) is 11.8. The first-order valence-electron chi connectivity index (χ1n) is 5.33. The van der Waals surface area contributed by atoms with Crippen LogP contribution in [-0.2, 0) is 16.3 Å². The van der Waals surface area contributed by atoms with Crippen molar-refractivity contribution >= 4 is 21.2 Å². The predicted molar refractivity (Wildman–Crippen MR) is 63.4 cm³/mol. The van der Waals surface area contributed by atoms with Gasteiger partial charge in [-0.05, 0) is 19.8 Å². The lowest BCUT2D eigenvalue weighted by atomic mass is 10.2. The van der Waals surface area contributed by atoms with E-state index in [1.165, 1.54) is 11.3 Å². The van der Waals surface area contributed by atoms with Gasteiger partial charge in [-0.3, -0.25) is 0 Å². The number of thiazole rings is 1. The van der Waals surface area contributed by atoms with E-state index in [4.69, 9.17) is 5.11 Å². The number of nitrogens with zero attached hydrogens (tertiary/aromatic N) is 1. The Balaban J connectivity index is 2.33. The van der Waals surface area contributed by atoms with Crippen LogP contribution in [0, 0.1) is 6.92 Å². The van der Waals surface area contributed by atoms with Gasteiger partial charge in [-0.1, -0.05) is 0 Å². The third-order valence-electron chi connectivity index (χ3n) is 2.84. The molecule has 1 aromatic heterocycles. The molecule has 16 heavy (non-hydrogen) atoms. The second kappa shape index (κ2) is 4.43. The fourth-order valence-corrected chi connectivity index (χ4v) is 5.07. The molecule has 0 amide bonds. The Labute approximate surface area is 99.3 Å². The zero-order valence-electron chi connectivity index (χ0n) is 9.14. The quantitative estimate of drug-likeness (QED) is 0.889. The summed E-state index contributed by atoms with van der Waals surface area (Å²) >= 11 is 1.49. The molecular formula is C10H15NO3S2. The summed E-state index contributed by atoms with van der Waals surface area (Å²) in [5.74, 6) is 0.282. The van der Waals surface area contributed by atoms with Crippen molar-refractivity contribution in [3.8, 4) is 0 Å². The summed E-state index contributed by atoms with van der Waals surface area (Å²) in [6, 6.07) is 0. The van der Waals surface area contributed by atoms with Gasteiger partial charge in [0, 0.05) is 17.9 Å². The maximum atomic E-state index is 11.8. The molecule has 0 saturated carbocycles. The maximum Gasteiger partial charge on any atom is 0.158 e. The van der Waals surface area contributed by atoms with Crippen molar-refractivity contribution in [2.45, 2.75) is 31.4 Å². The molecule has 1 atom stereocenters. The summed E-state index contributed by atoms with van der Waals surface area (Å²) in [7, 11) is -2.98. The van der Waals surface area contributed by atoms with Gasteiger partial charge in [0.2, 0.25) is 0 Å². The fourth-order valence-electron chi connectivity index (χ4n) is 2.06. The standard InChI is InChI=1S/C10H15NO3S2/c1-7-10(11-9(15-7)4-5-12)8-3-2-6-16(8,13)14/h8,12H,2-6H2,1H3. The van der Waals surface area contributed by atoms with Gasteiger partial charge >= 0.3 is 0 Å². The molecular weight excluding hydrogens is 246 g/mol. The summed E-state index contributed by atoms with van der Waals surface area (Å²) in [6.07, 6.45) is 1.93. The van der Waals surface area contributed by atoms with Crippen molar-refractivity contribution in [3.63, 3.8) is 0 Å². The summed E-state index contributed by atoms with van der Waals surface area (Å²) in [4.78, 5) is 5.33. The molecule has 0 radical (unpaired) electrons. The van der Waals surface area contributed by atoms with E-state index in [0.717, 1.165) is 16.3 Å². The van der Waals surface area contributed by atoms with Crippen molar-refractivity contribution < 1.29 is 13.5 Å². The minimum atomic E-state index is -2.98. The van der Waals surface area contributed by atoms with Crippen molar-refractivity contribution in [1.29, 1.82) is 0 Å². The van der Waals surface area contributed by atoms with Crippen LogP contribution >= 0.6 is 11.3 Å². The van der Waals surface area contributed by atoms with Gasteiger partial charge in [0.1, 0.15) is 5.25 Å². The van der Waals surface area contributed by atoms with Crippen LogP contribution in [0.15, 0.2) is 0 Å². The molecule has 1 fully saturated rings. The first-order valence-corrected chi connectivity index (χ1v) is 7.86. The van der Waals surface area contributed by atoms with Crippen molar-refractivity contribution in [2.75, 3.05) is 12.4 Å². The van der Waals surface area contributed by atoms with Crippen LogP contribution in [0.5, 0.6) is 0 Å². The molecule has 2 heterocycles. The molecule has 1 aliphatic heterocycles. The van der Waals surface area contributed by atoms with E-state index in [-0.39, 0.29) is 12.4 Å². The van der Waals surface area contributed by atoms with Crippen LogP contribution in [0.1, 0.15) is 33.7 Å². The summed E-state index contributed by atoms with van der Waals surface area (Å²) in [6.45, 7) is 1.96. The number of aliphatic hydroxyl groups is 1. The van der Waals surface area contributed by atoms with E-state index in [9.17, 15) is 8.42 Å². The Kier molecular flexibility index (Phi) is 3.32. The lowest BCUT2D eigenvalue weighted by Crippen LogP contribution is -2.09. The van der Waals surface area contributed by atoms with E-state index in [1.54, 1.807) is 0 Å². The van der Waals surface area contributed by atoms with E-state index < -0.39 is 15.1 Å². The molecule has 90 valence electrons. The monoisotopic (exact) mass is 261 g/mol. The van der Waals surface area contributed by atoms with Gasteiger partial charge in [0.15, 0.2) is 9.84 Å². The zero-order valence-corrected chi connectivity index (χ0v) is 10.8. The van der Waals surface area contributed by atoms with Crippen LogP contribution in [0.25, 0.3) is 0 Å². The fraction of sp³-hybridized carbons (Fsp3) is 0.700. The number of aryl methyl sites for hydroxylation is 1. The molecule has 1 aliphatic rings. The van der Waals surface area contributed by atoms with Crippen LogP contribution in [0.2, 0.25) is 0 Å². The molecule has 2 rings (SSSR count). The largest absolute Gasteiger partial charge is 0.396 e. The average molecular weight is 261 g/mol. The van der Waals surface area contributed by atoms with Gasteiger partial charge in [0.05, 0.1) is 16.5 Å². The molecule has 1 unspecified atom stereocenters. The number of hydrogen-bond acceptors (Lipinski definition) is 5. The van der Waals surface area contributed by atoms with E-state index in [2.05, 4.69) is 4.98 Å². The molecule has 0 spiro atoms. The summed E-state index contributed by atoms with van der Waals surface area (Å²) in [5, 5.41) is 9.26. The lowest BCUT2D eigenvalue weighted by Gasteiger charge is -2.06. The molecule has 4 nitrogen and oxygen atoms in total. The predicted octanol–water partition coefficient (Wildman–Crippen LogP) is 1.24. The molecule has 1 saturated heterocycles. The average Bonchev–Trinajstić information content (AvgIpc) is 2.70. The van der Waals surface area contributed by atoms with E-state index in [0.29, 0.717) is 18.5 Å². The van der Waals surface area contributed by atoms with Gasteiger partial charge in [-0.15, -0.1) is 11.3 Å². The number of sulfone groups is 1. The second-order valence-electron chi connectivity index (χ2n) is 4.02. The van der Waals surface area contributed by atoms with Crippen molar-refractivity contribution in [3.05, 3.63) is 15.6 Å². The van der Waals surface area contributed by atoms with Crippen molar-refractivity contribution in [2.24, 2.45) is 0 Å². The van der Waals surface area contributed by atoms with Gasteiger partial charge in [0.25, 0.3) is 0 Å². The molecule has 0 aromatic carbocycles. The summed E-state index contributed by atoms with van der Waals surface area (Å²) < 4.78 is 23.6. The minimum absolute atomic E-state index is 0.0593. The highest BCUT2D eigenvalue weighted by Gasteiger charge is 2.35. The van der Waals surface area contributed by atoms with Crippen molar-refractivity contribution in [1.82, 2.24) is 4.98 Å². The topological polar surface area (TPSA) is 67.3 Å². The lowest BCUT2D eigenvalue weighted by molar-refractivity contribution is 0.299. The Morgan fingerprint density at radius 2 is 2.31 bits per heavy atom. The maximum absolute atomic E-state index is 11.8. The molecule has 1 aromatic rings. The Morgan fingerprint density at radius 3 is 2.88 bits per heavy atom.